The first-order valence-electron chi connectivity index (χ1n) is 17.8. The summed E-state index contributed by atoms with van der Waals surface area (Å²) in [6, 6.07) is 0. The molecule has 1 rings (SSSR count). The van der Waals surface area contributed by atoms with Gasteiger partial charge in [-0.2, -0.15) is 0 Å². The number of rotatable bonds is 29. The van der Waals surface area contributed by atoms with Crippen molar-refractivity contribution >= 4 is 11.9 Å². The lowest BCUT2D eigenvalue weighted by atomic mass is 10.0. The minimum atomic E-state index is -0.805. The van der Waals surface area contributed by atoms with Crippen molar-refractivity contribution in [3.05, 3.63) is 60.8 Å². The molecular weight excluding hydrogens is 564 g/mol. The Kier molecular flexibility index (Phi) is 26.1. The summed E-state index contributed by atoms with van der Waals surface area (Å²) in [5.41, 5.74) is 0. The number of hydrogen-bond donors (Lipinski definition) is 1. The van der Waals surface area contributed by atoms with Crippen LogP contribution in [0.5, 0.6) is 0 Å². The molecule has 1 N–H and O–H groups in total. The number of hydrogen-bond acceptors (Lipinski definition) is 6. The first kappa shape index (κ1) is 40.6. The highest BCUT2D eigenvalue weighted by molar-refractivity contribution is 5.70. The van der Waals surface area contributed by atoms with E-state index in [2.05, 4.69) is 69.4 Å². The Labute approximate surface area is 275 Å². The maximum absolute atomic E-state index is 12.1. The molecule has 0 aliphatic carbocycles. The number of carbonyl (C=O) groups is 2. The Morgan fingerprint density at radius 1 is 0.689 bits per heavy atom. The van der Waals surface area contributed by atoms with Crippen LogP contribution in [-0.4, -0.2) is 48.6 Å². The summed E-state index contributed by atoms with van der Waals surface area (Å²) in [4.78, 5) is 24.1. The third-order valence-corrected chi connectivity index (χ3v) is 7.67. The van der Waals surface area contributed by atoms with Crippen LogP contribution in [-0.2, 0) is 23.8 Å². The van der Waals surface area contributed by atoms with Crippen molar-refractivity contribution in [2.45, 2.75) is 155 Å². The number of esters is 2. The number of carbonyl (C=O) groups excluding carboxylic acids is 2. The molecule has 0 radical (unpaired) electrons. The van der Waals surface area contributed by atoms with Crippen molar-refractivity contribution in [3.8, 4) is 0 Å². The van der Waals surface area contributed by atoms with Crippen molar-refractivity contribution < 1.29 is 28.9 Å². The molecule has 45 heavy (non-hydrogen) atoms. The van der Waals surface area contributed by atoms with E-state index >= 15 is 0 Å². The van der Waals surface area contributed by atoms with Crippen molar-refractivity contribution in [1.82, 2.24) is 0 Å². The topological polar surface area (TPSA) is 85.4 Å². The summed E-state index contributed by atoms with van der Waals surface area (Å²) in [5.74, 6) is 0.0953. The highest BCUT2D eigenvalue weighted by Gasteiger charge is 2.35. The van der Waals surface area contributed by atoms with Crippen LogP contribution in [0.2, 0.25) is 0 Å². The summed E-state index contributed by atoms with van der Waals surface area (Å²) in [5, 5.41) is 9.50. The second-order valence-corrected chi connectivity index (χ2v) is 12.4. The Balaban J connectivity index is 1.97. The molecule has 0 aromatic rings. The van der Waals surface area contributed by atoms with E-state index in [1.165, 1.54) is 38.5 Å². The average molecular weight is 629 g/mol. The summed E-state index contributed by atoms with van der Waals surface area (Å²) in [6.07, 6.45) is 39.1. The molecule has 0 spiro atoms. The van der Waals surface area contributed by atoms with Gasteiger partial charge in [-0.25, -0.2) is 0 Å². The van der Waals surface area contributed by atoms with Crippen LogP contribution >= 0.6 is 0 Å². The van der Waals surface area contributed by atoms with Crippen LogP contribution in [0.25, 0.3) is 0 Å². The third-order valence-electron chi connectivity index (χ3n) is 7.67. The lowest BCUT2D eigenvalue weighted by Crippen LogP contribution is -2.28. The summed E-state index contributed by atoms with van der Waals surface area (Å²) in [6.45, 7) is 6.23. The minimum absolute atomic E-state index is 0.111. The summed E-state index contributed by atoms with van der Waals surface area (Å²) in [7, 11) is 0. The van der Waals surface area contributed by atoms with Crippen LogP contribution < -0.4 is 0 Å². The molecule has 1 aliphatic rings. The highest BCUT2D eigenvalue weighted by Crippen LogP contribution is 2.29. The number of epoxide rings is 1. The number of unbranched alkanes of at least 4 members (excludes halogenated alkanes) is 7. The Bertz CT molecular complexity index is 884. The van der Waals surface area contributed by atoms with Gasteiger partial charge in [-0.15, -0.1) is 0 Å². The first-order chi connectivity index (χ1) is 22.0. The van der Waals surface area contributed by atoms with Gasteiger partial charge in [0.15, 0.2) is 6.10 Å². The fraction of sp³-hybridized carbons (Fsp3) is 0.692. The van der Waals surface area contributed by atoms with Crippen LogP contribution in [0.4, 0.5) is 0 Å². The fourth-order valence-electron chi connectivity index (χ4n) is 4.86. The van der Waals surface area contributed by atoms with Crippen molar-refractivity contribution in [2.24, 2.45) is 5.92 Å². The van der Waals surface area contributed by atoms with Crippen LogP contribution in [0, 0.1) is 5.92 Å². The standard InChI is InChI=1S/C39H64O6/c1-4-5-22-28-36-37(45-36)29-24-19-15-10-8-6-7-9-11-16-20-25-30-38(41)43-33-35(32-40)44-39(42)31-26-21-17-13-12-14-18-23-27-34(2)3/h5,7-10,16,19-20,22,24,34-37,40H,4,6,11-15,17-18,21,23,25-33H2,1-3H3/b9-7-,10-8-,20-16-,22-5-,24-19-/t35-,36?,37?/m0/s1. The van der Waals surface area contributed by atoms with E-state index in [1.54, 1.807) is 0 Å². The lowest BCUT2D eigenvalue weighted by Gasteiger charge is -2.15. The normalized spacial score (nSPS) is 17.5. The van der Waals surface area contributed by atoms with Crippen LogP contribution in [0.1, 0.15) is 136 Å². The quantitative estimate of drug-likeness (QED) is 0.0384. The smallest absolute Gasteiger partial charge is 0.306 e. The molecule has 2 unspecified atom stereocenters. The van der Waals surface area contributed by atoms with Crippen LogP contribution in [0.15, 0.2) is 60.8 Å². The number of aliphatic hydroxyl groups is 1. The van der Waals surface area contributed by atoms with Gasteiger partial charge in [-0.3, -0.25) is 9.59 Å². The monoisotopic (exact) mass is 628 g/mol. The van der Waals surface area contributed by atoms with Gasteiger partial charge in [0, 0.05) is 12.8 Å². The van der Waals surface area contributed by atoms with E-state index < -0.39 is 6.10 Å². The zero-order valence-corrected chi connectivity index (χ0v) is 28.7. The van der Waals surface area contributed by atoms with Crippen molar-refractivity contribution in [2.75, 3.05) is 13.2 Å². The molecule has 0 aromatic carbocycles. The van der Waals surface area contributed by atoms with Gasteiger partial charge in [0.25, 0.3) is 0 Å². The van der Waals surface area contributed by atoms with Crippen molar-refractivity contribution in [3.63, 3.8) is 0 Å². The van der Waals surface area contributed by atoms with Gasteiger partial charge >= 0.3 is 11.9 Å². The molecule has 0 saturated carbocycles. The molecule has 256 valence electrons. The molecule has 0 bridgehead atoms. The van der Waals surface area contributed by atoms with E-state index in [1.807, 2.05) is 12.2 Å². The zero-order chi connectivity index (χ0) is 32.8. The van der Waals surface area contributed by atoms with E-state index in [4.69, 9.17) is 14.2 Å². The molecule has 0 amide bonds. The molecular formula is C39H64O6. The maximum atomic E-state index is 12.1. The zero-order valence-electron chi connectivity index (χ0n) is 28.7. The van der Waals surface area contributed by atoms with Crippen LogP contribution in [0.3, 0.4) is 0 Å². The minimum Gasteiger partial charge on any atom is -0.462 e. The van der Waals surface area contributed by atoms with E-state index in [9.17, 15) is 14.7 Å². The van der Waals surface area contributed by atoms with Gasteiger partial charge in [0.05, 0.1) is 18.8 Å². The SMILES string of the molecule is CC/C=C\CC1OC1C/C=C\C/C=C\C/C=C\C/C=C\CCC(=O)OC[C@H](CO)OC(=O)CCCCCCCCCCC(C)C. The van der Waals surface area contributed by atoms with Gasteiger partial charge in [0.2, 0.25) is 0 Å². The second kappa shape index (κ2) is 29.0. The third kappa shape index (κ3) is 26.5. The van der Waals surface area contributed by atoms with E-state index in [0.717, 1.165) is 63.7 Å². The molecule has 6 nitrogen and oxygen atoms in total. The summed E-state index contributed by atoms with van der Waals surface area (Å²) < 4.78 is 16.2. The van der Waals surface area contributed by atoms with E-state index in [-0.39, 0.29) is 31.6 Å². The van der Waals surface area contributed by atoms with Gasteiger partial charge < -0.3 is 19.3 Å². The average Bonchev–Trinajstić information content (AvgIpc) is 3.78. The number of allylic oxidation sites excluding steroid dienone is 8. The molecule has 0 aromatic heterocycles. The summed E-state index contributed by atoms with van der Waals surface area (Å²) >= 11 is 0. The highest BCUT2D eigenvalue weighted by atomic mass is 16.6. The molecule has 1 fully saturated rings. The maximum Gasteiger partial charge on any atom is 0.306 e. The Morgan fingerprint density at radius 2 is 1.22 bits per heavy atom. The van der Waals surface area contributed by atoms with Gasteiger partial charge in [-0.05, 0) is 57.3 Å². The predicted octanol–water partition coefficient (Wildman–Crippen LogP) is 9.68. The van der Waals surface area contributed by atoms with Gasteiger partial charge in [-0.1, -0.05) is 133 Å². The largest absolute Gasteiger partial charge is 0.462 e. The molecule has 1 aliphatic heterocycles. The molecule has 1 heterocycles. The first-order valence-corrected chi connectivity index (χ1v) is 17.8. The predicted molar refractivity (Wildman–Crippen MR) is 186 cm³/mol. The number of ether oxygens (including phenoxy) is 3. The fourth-order valence-corrected chi connectivity index (χ4v) is 4.86. The van der Waals surface area contributed by atoms with E-state index in [0.29, 0.717) is 25.0 Å². The lowest BCUT2D eigenvalue weighted by molar-refractivity contribution is -0.161. The molecule has 3 atom stereocenters. The van der Waals surface area contributed by atoms with Gasteiger partial charge in [0.1, 0.15) is 6.61 Å². The van der Waals surface area contributed by atoms with Crippen molar-refractivity contribution in [1.29, 1.82) is 0 Å². The number of aliphatic hydroxyl groups excluding tert-OH is 1. The second-order valence-electron chi connectivity index (χ2n) is 12.4. The Hall–Kier alpha value is -2.44. The molecule has 6 heteroatoms. The Morgan fingerprint density at radius 3 is 1.80 bits per heavy atom. The molecule has 1 saturated heterocycles.